The normalized spacial score (nSPS) is 12.7. The predicted octanol–water partition coefficient (Wildman–Crippen LogP) is 2.87. The van der Waals surface area contributed by atoms with E-state index in [0.717, 1.165) is 0 Å². The number of rotatable bonds is 3. The number of hydrogen-bond acceptors (Lipinski definition) is 2. The minimum absolute atomic E-state index is 0.0149. The maximum Gasteiger partial charge on any atom is 0.242 e. The molecule has 0 saturated heterocycles. The summed E-state index contributed by atoms with van der Waals surface area (Å²) in [6.45, 7) is 1.72. The van der Waals surface area contributed by atoms with Crippen LogP contribution in [0.5, 0.6) is 0 Å². The molecule has 0 aliphatic carbocycles. The van der Waals surface area contributed by atoms with E-state index >= 15 is 0 Å². The molecule has 0 spiro atoms. The fourth-order valence-corrected chi connectivity index (χ4v) is 2.34. The summed E-state index contributed by atoms with van der Waals surface area (Å²) in [5.41, 5.74) is 1.01. The Morgan fingerprint density at radius 1 is 1.58 bits per heavy atom. The molecule has 2 rings (SSSR count). The number of aromatic nitrogens is 2. The van der Waals surface area contributed by atoms with E-state index in [9.17, 15) is 9.18 Å². The number of imidazole rings is 1. The van der Waals surface area contributed by atoms with Crippen LogP contribution >= 0.6 is 23.2 Å². The highest BCUT2D eigenvalue weighted by Crippen LogP contribution is 2.27. The van der Waals surface area contributed by atoms with Crippen molar-refractivity contribution in [2.24, 2.45) is 0 Å². The lowest BCUT2D eigenvalue weighted by atomic mass is 10.2. The van der Waals surface area contributed by atoms with Crippen LogP contribution in [0.2, 0.25) is 5.02 Å². The molecular formula is C12H12Cl2FN3O. The number of likely N-dealkylation sites (N-methyl/N-ethyl adjacent to an activating group) is 1. The molecule has 0 bridgehead atoms. The van der Waals surface area contributed by atoms with Crippen molar-refractivity contribution >= 4 is 40.1 Å². The number of fused-ring (bicyclic) bond motifs is 1. The summed E-state index contributed by atoms with van der Waals surface area (Å²) in [6.07, 6.45) is 0. The Hall–Kier alpha value is -1.33. The number of nitrogens with zero attached hydrogens (tertiary/aromatic N) is 2. The van der Waals surface area contributed by atoms with Crippen LogP contribution in [-0.4, -0.2) is 22.5 Å². The van der Waals surface area contributed by atoms with Gasteiger partial charge in [0.2, 0.25) is 5.91 Å². The number of halogens is 3. The molecule has 0 fully saturated rings. The summed E-state index contributed by atoms with van der Waals surface area (Å²) in [5, 5.41) is 2.54. The van der Waals surface area contributed by atoms with Gasteiger partial charge in [-0.05, 0) is 13.0 Å². The molecule has 19 heavy (non-hydrogen) atoms. The van der Waals surface area contributed by atoms with E-state index in [-0.39, 0.29) is 16.8 Å². The van der Waals surface area contributed by atoms with Crippen LogP contribution < -0.4 is 5.32 Å². The maximum absolute atomic E-state index is 13.4. The minimum Gasteiger partial charge on any atom is -0.357 e. The highest BCUT2D eigenvalue weighted by molar-refractivity contribution is 6.31. The summed E-state index contributed by atoms with van der Waals surface area (Å²) in [5.74, 6) is -0.122. The van der Waals surface area contributed by atoms with Gasteiger partial charge >= 0.3 is 0 Å². The fourth-order valence-electron chi connectivity index (χ4n) is 1.99. The van der Waals surface area contributed by atoms with Crippen molar-refractivity contribution in [1.29, 1.82) is 0 Å². The van der Waals surface area contributed by atoms with Crippen molar-refractivity contribution in [3.05, 3.63) is 28.8 Å². The Labute approximate surface area is 119 Å². The number of alkyl halides is 1. The smallest absolute Gasteiger partial charge is 0.242 e. The maximum atomic E-state index is 13.4. The van der Waals surface area contributed by atoms with Gasteiger partial charge in [-0.15, -0.1) is 11.6 Å². The van der Waals surface area contributed by atoms with E-state index in [1.54, 1.807) is 18.5 Å². The van der Waals surface area contributed by atoms with Gasteiger partial charge < -0.3 is 9.88 Å². The molecule has 102 valence electrons. The average Bonchev–Trinajstić information content (AvgIpc) is 2.75. The van der Waals surface area contributed by atoms with Crippen LogP contribution in [0, 0.1) is 5.82 Å². The van der Waals surface area contributed by atoms with Gasteiger partial charge in [0, 0.05) is 13.1 Å². The van der Waals surface area contributed by atoms with Crippen LogP contribution in [0.1, 0.15) is 18.8 Å². The highest BCUT2D eigenvalue weighted by Gasteiger charge is 2.21. The predicted molar refractivity (Wildman–Crippen MR) is 73.0 cm³/mol. The molecular weight excluding hydrogens is 292 g/mol. The van der Waals surface area contributed by atoms with Crippen LogP contribution in [0.15, 0.2) is 12.1 Å². The molecule has 7 heteroatoms. The molecule has 1 atom stereocenters. The highest BCUT2D eigenvalue weighted by atomic mass is 35.5. The summed E-state index contributed by atoms with van der Waals surface area (Å²) in [4.78, 5) is 16.0. The van der Waals surface area contributed by atoms with Gasteiger partial charge in [0.05, 0.1) is 21.9 Å². The van der Waals surface area contributed by atoms with Gasteiger partial charge in [-0.2, -0.15) is 0 Å². The third kappa shape index (κ3) is 2.40. The Balaban J connectivity index is 2.70. The van der Waals surface area contributed by atoms with Crippen LogP contribution in [-0.2, 0) is 10.7 Å². The van der Waals surface area contributed by atoms with E-state index < -0.39 is 11.9 Å². The first-order chi connectivity index (χ1) is 8.99. The van der Waals surface area contributed by atoms with Gasteiger partial charge in [0.25, 0.3) is 0 Å². The number of nitrogens with one attached hydrogen (secondary N) is 1. The lowest BCUT2D eigenvalue weighted by Crippen LogP contribution is -2.28. The topological polar surface area (TPSA) is 46.9 Å². The van der Waals surface area contributed by atoms with Crippen molar-refractivity contribution in [2.75, 3.05) is 7.05 Å². The molecule has 0 aliphatic rings. The first kappa shape index (κ1) is 14.1. The van der Waals surface area contributed by atoms with Crippen LogP contribution in [0.4, 0.5) is 4.39 Å². The molecule has 0 saturated carbocycles. The Morgan fingerprint density at radius 3 is 2.84 bits per heavy atom. The standard InChI is InChI=1S/C12H12Cl2FN3O/c1-6(12(19)16-2)18-10-3-7(14)8(15)4-9(10)17-11(18)5-13/h3-4,6H,5H2,1-2H3,(H,16,19). The second-order valence-electron chi connectivity index (χ2n) is 4.08. The summed E-state index contributed by atoms with van der Waals surface area (Å²) in [7, 11) is 1.55. The van der Waals surface area contributed by atoms with Crippen LogP contribution in [0.3, 0.4) is 0 Å². The number of carbonyl (C=O) groups is 1. The van der Waals surface area contributed by atoms with Gasteiger partial charge in [0.15, 0.2) is 0 Å². The van der Waals surface area contributed by atoms with Crippen molar-refractivity contribution < 1.29 is 9.18 Å². The Morgan fingerprint density at radius 2 is 2.26 bits per heavy atom. The van der Waals surface area contributed by atoms with Crippen molar-refractivity contribution in [2.45, 2.75) is 18.8 Å². The second kappa shape index (κ2) is 5.35. The third-order valence-corrected chi connectivity index (χ3v) is 3.47. The average molecular weight is 304 g/mol. The van der Waals surface area contributed by atoms with Gasteiger partial charge in [-0.3, -0.25) is 4.79 Å². The molecule has 0 aliphatic heterocycles. The second-order valence-corrected chi connectivity index (χ2v) is 4.75. The molecule has 1 amide bonds. The largest absolute Gasteiger partial charge is 0.357 e. The summed E-state index contributed by atoms with van der Waals surface area (Å²) >= 11 is 11.6. The zero-order valence-corrected chi connectivity index (χ0v) is 11.9. The van der Waals surface area contributed by atoms with Crippen molar-refractivity contribution in [1.82, 2.24) is 14.9 Å². The zero-order valence-electron chi connectivity index (χ0n) is 10.4. The number of benzene rings is 1. The third-order valence-electron chi connectivity index (χ3n) is 2.94. The van der Waals surface area contributed by atoms with E-state index in [1.807, 2.05) is 0 Å². The minimum atomic E-state index is -0.549. The first-order valence-corrected chi connectivity index (χ1v) is 6.54. The molecule has 1 aromatic carbocycles. The lowest BCUT2D eigenvalue weighted by Gasteiger charge is -2.15. The lowest BCUT2D eigenvalue weighted by molar-refractivity contribution is -0.123. The Kier molecular flexibility index (Phi) is 3.96. The summed E-state index contributed by atoms with van der Waals surface area (Å²) < 4.78 is 15.1. The fraction of sp³-hybridized carbons (Fsp3) is 0.333. The van der Waals surface area contributed by atoms with Crippen molar-refractivity contribution in [3.8, 4) is 0 Å². The van der Waals surface area contributed by atoms with Gasteiger partial charge in [0.1, 0.15) is 17.7 Å². The Bertz CT molecular complexity index is 641. The number of carbonyl (C=O) groups excluding carboxylic acids is 1. The molecule has 2 aromatic rings. The molecule has 1 aromatic heterocycles. The van der Waals surface area contributed by atoms with E-state index in [4.69, 9.17) is 23.2 Å². The molecule has 1 heterocycles. The van der Waals surface area contributed by atoms with E-state index in [1.165, 1.54) is 12.1 Å². The van der Waals surface area contributed by atoms with E-state index in [0.29, 0.717) is 16.9 Å². The van der Waals surface area contributed by atoms with Gasteiger partial charge in [-0.1, -0.05) is 11.6 Å². The van der Waals surface area contributed by atoms with E-state index in [2.05, 4.69) is 10.3 Å². The quantitative estimate of drug-likeness (QED) is 0.886. The monoisotopic (exact) mass is 303 g/mol. The number of hydrogen-bond donors (Lipinski definition) is 1. The zero-order chi connectivity index (χ0) is 14.2. The molecule has 1 N–H and O–H groups in total. The summed E-state index contributed by atoms with van der Waals surface area (Å²) in [6, 6.07) is 2.18. The first-order valence-electron chi connectivity index (χ1n) is 5.63. The van der Waals surface area contributed by atoms with Gasteiger partial charge in [-0.25, -0.2) is 9.37 Å². The molecule has 1 unspecified atom stereocenters. The number of amides is 1. The SMILES string of the molecule is CNC(=O)C(C)n1c(CCl)nc2cc(F)c(Cl)cc21. The molecule has 0 radical (unpaired) electrons. The van der Waals surface area contributed by atoms with Crippen molar-refractivity contribution in [3.63, 3.8) is 0 Å². The molecule has 4 nitrogen and oxygen atoms in total. The van der Waals surface area contributed by atoms with Crippen LogP contribution in [0.25, 0.3) is 11.0 Å².